The maximum Gasteiger partial charge on any atom is 0.327 e. The third kappa shape index (κ3) is 3.46. The van der Waals surface area contributed by atoms with Crippen molar-refractivity contribution < 1.29 is 14.1 Å². The number of carbonyl (C=O) groups is 2. The first-order valence-electron chi connectivity index (χ1n) is 9.66. The Labute approximate surface area is 164 Å². The van der Waals surface area contributed by atoms with Gasteiger partial charge in [-0.3, -0.25) is 9.69 Å². The predicted octanol–water partition coefficient (Wildman–Crippen LogP) is 2.68. The standard InChI is InChI=1S/C20H25N5O3/c1-13-5-4-8-24(10-13)16-7-6-15(9-14(16)2)19-21-17(28-22-19)11-25-12-18(26)23(3)20(25)27/h6-7,9,13H,4-5,8,10-12H2,1-3H3. The van der Waals surface area contributed by atoms with Gasteiger partial charge in [0.15, 0.2) is 0 Å². The molecule has 2 saturated heterocycles. The Balaban J connectivity index is 1.49. The van der Waals surface area contributed by atoms with Gasteiger partial charge in [-0.2, -0.15) is 4.98 Å². The number of hydrogen-bond donors (Lipinski definition) is 0. The Morgan fingerprint density at radius 1 is 1.29 bits per heavy atom. The third-order valence-electron chi connectivity index (χ3n) is 5.50. The van der Waals surface area contributed by atoms with E-state index in [0.29, 0.717) is 17.6 Å². The SMILES string of the molecule is Cc1cc(-c2noc(CN3CC(=O)N(C)C3=O)n2)ccc1N1CCCC(C)C1. The lowest BCUT2D eigenvalue weighted by atomic mass is 9.98. The van der Waals surface area contributed by atoms with Gasteiger partial charge in [-0.1, -0.05) is 12.1 Å². The summed E-state index contributed by atoms with van der Waals surface area (Å²) in [7, 11) is 1.47. The number of aromatic nitrogens is 2. The number of nitrogens with zero attached hydrogens (tertiary/aromatic N) is 5. The van der Waals surface area contributed by atoms with Crippen molar-refractivity contribution in [2.75, 3.05) is 31.6 Å². The largest absolute Gasteiger partial charge is 0.371 e. The van der Waals surface area contributed by atoms with E-state index >= 15 is 0 Å². The van der Waals surface area contributed by atoms with Crippen LogP contribution in [0.4, 0.5) is 10.5 Å². The zero-order chi connectivity index (χ0) is 19.8. The van der Waals surface area contributed by atoms with E-state index in [9.17, 15) is 9.59 Å². The summed E-state index contributed by atoms with van der Waals surface area (Å²) in [6.45, 7) is 6.74. The molecule has 1 atom stereocenters. The molecule has 4 rings (SSSR count). The number of carbonyl (C=O) groups excluding carboxylic acids is 2. The van der Waals surface area contributed by atoms with Gasteiger partial charge in [-0.25, -0.2) is 4.79 Å². The summed E-state index contributed by atoms with van der Waals surface area (Å²) in [5.41, 5.74) is 3.31. The monoisotopic (exact) mass is 383 g/mol. The average molecular weight is 383 g/mol. The summed E-state index contributed by atoms with van der Waals surface area (Å²) in [6, 6.07) is 5.85. The minimum Gasteiger partial charge on any atom is -0.371 e. The van der Waals surface area contributed by atoms with Crippen LogP contribution in [-0.2, 0) is 11.3 Å². The van der Waals surface area contributed by atoms with E-state index in [1.165, 1.54) is 36.0 Å². The number of rotatable bonds is 4. The van der Waals surface area contributed by atoms with Crippen LogP contribution in [-0.4, -0.2) is 58.6 Å². The highest BCUT2D eigenvalue weighted by molar-refractivity contribution is 6.01. The van der Waals surface area contributed by atoms with E-state index in [2.05, 4.69) is 41.0 Å². The summed E-state index contributed by atoms with van der Waals surface area (Å²) < 4.78 is 5.31. The topological polar surface area (TPSA) is 82.8 Å². The van der Waals surface area contributed by atoms with E-state index in [1.807, 2.05) is 6.07 Å². The number of likely N-dealkylation sites (N-methyl/N-ethyl adjacent to an activating group) is 1. The normalized spacial score (nSPS) is 20.4. The Kier molecular flexibility index (Phi) is 4.78. The second-order valence-corrected chi connectivity index (χ2v) is 7.80. The molecule has 0 aliphatic carbocycles. The van der Waals surface area contributed by atoms with Gasteiger partial charge in [-0.15, -0.1) is 0 Å². The number of imide groups is 1. The first kappa shape index (κ1) is 18.5. The Morgan fingerprint density at radius 3 is 2.79 bits per heavy atom. The zero-order valence-corrected chi connectivity index (χ0v) is 16.5. The molecule has 148 valence electrons. The van der Waals surface area contributed by atoms with Crippen molar-refractivity contribution in [2.45, 2.75) is 33.2 Å². The zero-order valence-electron chi connectivity index (χ0n) is 16.5. The smallest absolute Gasteiger partial charge is 0.327 e. The lowest BCUT2D eigenvalue weighted by Gasteiger charge is -2.33. The number of benzene rings is 1. The highest BCUT2D eigenvalue weighted by atomic mass is 16.5. The lowest BCUT2D eigenvalue weighted by Crippen LogP contribution is -2.34. The highest BCUT2D eigenvalue weighted by Gasteiger charge is 2.34. The second kappa shape index (κ2) is 7.26. The van der Waals surface area contributed by atoms with Gasteiger partial charge in [0.2, 0.25) is 17.6 Å². The number of anilines is 1. The summed E-state index contributed by atoms with van der Waals surface area (Å²) in [6.07, 6.45) is 2.52. The predicted molar refractivity (Wildman–Crippen MR) is 104 cm³/mol. The third-order valence-corrected chi connectivity index (χ3v) is 5.50. The number of urea groups is 1. The van der Waals surface area contributed by atoms with Crippen LogP contribution >= 0.6 is 0 Å². The van der Waals surface area contributed by atoms with Gasteiger partial charge in [0.05, 0.1) is 0 Å². The van der Waals surface area contributed by atoms with Crippen molar-refractivity contribution in [1.29, 1.82) is 0 Å². The van der Waals surface area contributed by atoms with Gasteiger partial charge in [0.25, 0.3) is 0 Å². The number of aryl methyl sites for hydroxylation is 1. The van der Waals surface area contributed by atoms with Crippen LogP contribution in [0.25, 0.3) is 11.4 Å². The Bertz CT molecular complexity index is 909. The van der Waals surface area contributed by atoms with E-state index < -0.39 is 0 Å². The Hall–Kier alpha value is -2.90. The van der Waals surface area contributed by atoms with Crippen LogP contribution in [0.1, 0.15) is 31.2 Å². The Morgan fingerprint density at radius 2 is 2.11 bits per heavy atom. The molecule has 0 spiro atoms. The first-order valence-corrected chi connectivity index (χ1v) is 9.66. The molecule has 0 bridgehead atoms. The maximum absolute atomic E-state index is 12.0. The molecule has 8 heteroatoms. The molecule has 1 aromatic carbocycles. The number of amides is 3. The molecule has 0 N–H and O–H groups in total. The van der Waals surface area contributed by atoms with Gasteiger partial charge in [0, 0.05) is 31.4 Å². The molecule has 1 unspecified atom stereocenters. The highest BCUT2D eigenvalue weighted by Crippen LogP contribution is 2.29. The van der Waals surface area contributed by atoms with Crippen molar-refractivity contribution in [3.05, 3.63) is 29.7 Å². The van der Waals surface area contributed by atoms with Crippen molar-refractivity contribution >= 4 is 17.6 Å². The molecule has 1 aromatic heterocycles. The van der Waals surface area contributed by atoms with Crippen LogP contribution in [0.2, 0.25) is 0 Å². The van der Waals surface area contributed by atoms with Crippen molar-refractivity contribution in [2.24, 2.45) is 5.92 Å². The average Bonchev–Trinajstić information content (AvgIpc) is 3.23. The fourth-order valence-corrected chi connectivity index (χ4v) is 3.94. The van der Waals surface area contributed by atoms with Crippen LogP contribution < -0.4 is 4.90 Å². The molecule has 3 amide bonds. The van der Waals surface area contributed by atoms with Gasteiger partial charge < -0.3 is 14.3 Å². The maximum atomic E-state index is 12.0. The molecule has 0 saturated carbocycles. The minimum atomic E-state index is -0.347. The fourth-order valence-electron chi connectivity index (χ4n) is 3.94. The molecule has 2 aliphatic heterocycles. The van der Waals surface area contributed by atoms with Crippen LogP contribution in [0.3, 0.4) is 0 Å². The molecular formula is C20H25N5O3. The number of piperidine rings is 1. The molecule has 2 aliphatic rings. The van der Waals surface area contributed by atoms with Gasteiger partial charge >= 0.3 is 6.03 Å². The summed E-state index contributed by atoms with van der Waals surface area (Å²) in [5, 5.41) is 4.05. The van der Waals surface area contributed by atoms with E-state index in [0.717, 1.165) is 23.6 Å². The quantitative estimate of drug-likeness (QED) is 0.755. The molecule has 0 radical (unpaired) electrons. The first-order chi connectivity index (χ1) is 13.4. The number of hydrogen-bond acceptors (Lipinski definition) is 6. The lowest BCUT2D eigenvalue weighted by molar-refractivity contribution is -0.124. The van der Waals surface area contributed by atoms with Crippen molar-refractivity contribution in [3.63, 3.8) is 0 Å². The molecular weight excluding hydrogens is 358 g/mol. The molecule has 28 heavy (non-hydrogen) atoms. The second-order valence-electron chi connectivity index (χ2n) is 7.80. The van der Waals surface area contributed by atoms with E-state index in [-0.39, 0.29) is 25.0 Å². The van der Waals surface area contributed by atoms with Crippen molar-refractivity contribution in [3.8, 4) is 11.4 Å². The van der Waals surface area contributed by atoms with Gasteiger partial charge in [-0.05, 0) is 49.4 Å². The van der Waals surface area contributed by atoms with Crippen molar-refractivity contribution in [1.82, 2.24) is 19.9 Å². The molecule has 2 fully saturated rings. The summed E-state index contributed by atoms with van der Waals surface area (Å²) in [4.78, 5) is 33.0. The molecule has 8 nitrogen and oxygen atoms in total. The molecule has 3 heterocycles. The summed E-state index contributed by atoms with van der Waals surface area (Å²) >= 11 is 0. The fraction of sp³-hybridized carbons (Fsp3) is 0.500. The van der Waals surface area contributed by atoms with Crippen LogP contribution in [0, 0.1) is 12.8 Å². The van der Waals surface area contributed by atoms with Crippen LogP contribution in [0.5, 0.6) is 0 Å². The summed E-state index contributed by atoms with van der Waals surface area (Å²) in [5.74, 6) is 1.29. The van der Waals surface area contributed by atoms with E-state index in [1.54, 1.807) is 0 Å². The van der Waals surface area contributed by atoms with Crippen LogP contribution in [0.15, 0.2) is 22.7 Å². The van der Waals surface area contributed by atoms with Gasteiger partial charge in [0.1, 0.15) is 13.1 Å². The molecule has 2 aromatic rings. The van der Waals surface area contributed by atoms with E-state index in [4.69, 9.17) is 4.52 Å². The minimum absolute atomic E-state index is 0.0368.